The van der Waals surface area contributed by atoms with E-state index >= 15 is 0 Å². The van der Waals surface area contributed by atoms with Gasteiger partial charge in [-0.05, 0) is 13.7 Å². The minimum Gasteiger partial charge on any atom is -0.360 e. The topological polar surface area (TPSA) is 26.3 Å². The van der Waals surface area contributed by atoms with Crippen LogP contribution in [0.15, 0.2) is 0 Å². The van der Waals surface area contributed by atoms with Crippen molar-refractivity contribution in [2.75, 3.05) is 0 Å². The number of carbonyl (C=O) groups is 1. The van der Waals surface area contributed by atoms with Crippen molar-refractivity contribution in [3.8, 4) is 0 Å². The molecule has 0 bridgehead atoms. The van der Waals surface area contributed by atoms with E-state index in [-0.39, 0.29) is 0 Å². The smallest absolute Gasteiger partial charge is 0.189 e. The van der Waals surface area contributed by atoms with E-state index in [2.05, 4.69) is 4.74 Å². The zero-order valence-electron chi connectivity index (χ0n) is 11.3. The van der Waals surface area contributed by atoms with Crippen LogP contribution in [0.4, 0.5) is 0 Å². The minimum absolute atomic E-state index is 1.56. The fourth-order valence-electron chi connectivity index (χ4n) is 0.252. The van der Waals surface area contributed by atoms with Crippen LogP contribution in [0.3, 0.4) is 0 Å². The molecule has 1 saturated heterocycles. The molecule has 0 aliphatic carbocycles. The lowest BCUT2D eigenvalue weighted by molar-refractivity contribution is -0.166. The zero-order valence-corrected chi connectivity index (χ0v) is 3.32. The maximum atomic E-state index is 11.3. The summed E-state index contributed by atoms with van der Waals surface area (Å²) in [6.45, 7) is -6.19. The van der Waals surface area contributed by atoms with Crippen LogP contribution in [0.2, 0.25) is 0 Å². The lowest BCUT2D eigenvalue weighted by atomic mass is 10.1. The van der Waals surface area contributed by atoms with Crippen LogP contribution in [0.5, 0.6) is 0 Å². The summed E-state index contributed by atoms with van der Waals surface area (Å²) in [7, 11) is 0. The van der Waals surface area contributed by atoms with Crippen LogP contribution in [0.25, 0.3) is 0 Å². The molecule has 1 fully saturated rings. The predicted octanol–water partition coefficient (Wildman–Crippen LogP) is 0.363. The second-order valence-electron chi connectivity index (χ2n) is 1.09. The van der Waals surface area contributed by atoms with Crippen LogP contribution in [0.1, 0.15) is 24.7 Å². The number of carbonyl (C=O) groups excluding carboxylic acids is 1. The van der Waals surface area contributed by atoms with Gasteiger partial charge in [-0.25, -0.2) is 0 Å². The van der Waals surface area contributed by atoms with Crippen molar-refractivity contribution in [1.82, 2.24) is 0 Å². The molecular weight excluding hydrogens is 92.1 g/mol. The Morgan fingerprint density at radius 3 is 2.71 bits per heavy atom. The lowest BCUT2D eigenvalue weighted by Crippen LogP contribution is -2.45. The van der Waals surface area contributed by atoms with E-state index in [0.717, 1.165) is 0 Å². The zero-order chi connectivity index (χ0) is 12.3. The van der Waals surface area contributed by atoms with Gasteiger partial charge in [0, 0.05) is 8.22 Å². The van der Waals surface area contributed by atoms with E-state index in [0.29, 0.717) is 0 Å². The molecule has 0 N–H and O–H groups in total. The highest BCUT2D eigenvalue weighted by Gasteiger charge is 2.32. The lowest BCUT2D eigenvalue weighted by Gasteiger charge is -2.27. The van der Waals surface area contributed by atoms with E-state index in [9.17, 15) is 4.79 Å². The van der Waals surface area contributed by atoms with Gasteiger partial charge in [0.05, 0.1) is 2.74 Å². The molecule has 1 heterocycles. The Labute approximate surface area is 53.7 Å². The first-order chi connectivity index (χ1) is 6.36. The average molecular weight is 108 g/mol. The molecule has 2 heteroatoms. The predicted molar refractivity (Wildman–Crippen MR) is 25.0 cm³/mol. The van der Waals surface area contributed by atoms with Crippen LogP contribution >= 0.6 is 0 Å². The van der Waals surface area contributed by atoms with Crippen LogP contribution < -0.4 is 0 Å². The highest BCUT2D eigenvalue weighted by atomic mass is 16.5. The molecule has 0 aromatic heterocycles. The Morgan fingerprint density at radius 1 is 1.86 bits per heavy atom. The molecule has 2 unspecified atom stereocenters. The van der Waals surface area contributed by atoms with Gasteiger partial charge in [-0.2, -0.15) is 0 Å². The summed E-state index contributed by atoms with van der Waals surface area (Å²) < 4.78 is 59.5. The molecule has 2 atom stereocenters. The Morgan fingerprint density at radius 2 is 2.43 bits per heavy atom. The molecule has 0 spiro atoms. The maximum Gasteiger partial charge on any atom is 0.189 e. The number of hydrogen-bond donors (Lipinski definition) is 0. The summed E-state index contributed by atoms with van der Waals surface area (Å²) in [6, 6.07) is 0. The highest BCUT2D eigenvalue weighted by Crippen LogP contribution is 2.13. The maximum absolute atomic E-state index is 11.3. The number of Topliss-reactive ketones (excluding diaryl/α,β-unsaturated/α-hetero) is 1. The van der Waals surface area contributed by atoms with Gasteiger partial charge in [0.2, 0.25) is 0 Å². The molecular formula is C5H8O2. The molecule has 40 valence electrons. The number of ether oxygens (including phenoxy) is 1. The van der Waals surface area contributed by atoms with Crippen molar-refractivity contribution >= 4 is 5.78 Å². The van der Waals surface area contributed by atoms with E-state index in [1.54, 1.807) is 0 Å². The minimum atomic E-state index is -3.10. The Bertz CT molecular complexity index is 277. The van der Waals surface area contributed by atoms with Crippen LogP contribution in [-0.4, -0.2) is 17.9 Å². The Balaban J connectivity index is 3.02. The summed E-state index contributed by atoms with van der Waals surface area (Å²) in [5.74, 6) is -1.56. The largest absolute Gasteiger partial charge is 0.360 e. The van der Waals surface area contributed by atoms with Crippen LogP contribution in [-0.2, 0) is 9.53 Å². The van der Waals surface area contributed by atoms with Gasteiger partial charge in [-0.3, -0.25) is 4.79 Å². The van der Waals surface area contributed by atoms with E-state index in [4.69, 9.17) is 11.0 Å². The van der Waals surface area contributed by atoms with Gasteiger partial charge < -0.3 is 4.74 Å². The molecule has 1 aliphatic heterocycles. The molecule has 0 saturated carbocycles. The first-order valence-corrected chi connectivity index (χ1v) is 1.61. The van der Waals surface area contributed by atoms with Crippen molar-refractivity contribution in [3.63, 3.8) is 0 Å². The molecule has 2 nitrogen and oxygen atoms in total. The summed E-state index contributed by atoms with van der Waals surface area (Å²) >= 11 is 0. The third-order valence-corrected chi connectivity index (χ3v) is 0.617. The van der Waals surface area contributed by atoms with Crippen molar-refractivity contribution in [3.05, 3.63) is 0 Å². The fraction of sp³-hybridized carbons (Fsp3) is 0.800. The van der Waals surface area contributed by atoms with Gasteiger partial charge in [-0.1, -0.05) is 0 Å². The van der Waals surface area contributed by atoms with Gasteiger partial charge in [0.25, 0.3) is 0 Å². The Hall–Kier alpha value is -0.370. The van der Waals surface area contributed by atoms with Crippen molar-refractivity contribution in [2.24, 2.45) is 0 Å². The molecule has 1 aliphatic rings. The van der Waals surface area contributed by atoms with Crippen LogP contribution in [0, 0.1) is 0 Å². The normalized spacial score (nSPS) is 82.0. The second kappa shape index (κ2) is 1.30. The summed E-state index contributed by atoms with van der Waals surface area (Å²) in [5.41, 5.74) is 0. The van der Waals surface area contributed by atoms with Crippen molar-refractivity contribution in [1.29, 1.82) is 0 Å². The van der Waals surface area contributed by atoms with Crippen molar-refractivity contribution < 1.29 is 20.5 Å². The van der Waals surface area contributed by atoms with Gasteiger partial charge in [0.1, 0.15) is 12.2 Å². The molecule has 1 rings (SSSR count). The SMILES string of the molecule is [2H]C([2H])([2H])C1([2H])OC([2H])(C([2H])([2H])[2H])C1=O. The van der Waals surface area contributed by atoms with Gasteiger partial charge in [-0.15, -0.1) is 0 Å². The first kappa shape index (κ1) is 0.982. The first-order valence-electron chi connectivity index (χ1n) is 5.61. The van der Waals surface area contributed by atoms with Gasteiger partial charge in [0.15, 0.2) is 5.78 Å². The monoisotopic (exact) mass is 108 g/mol. The number of ketones is 1. The number of rotatable bonds is 0. The van der Waals surface area contributed by atoms with E-state index in [1.165, 1.54) is 0 Å². The summed E-state index contributed by atoms with van der Waals surface area (Å²) in [4.78, 5) is 11.3. The molecule has 0 radical (unpaired) electrons. The van der Waals surface area contributed by atoms with E-state index < -0.39 is 31.6 Å². The second-order valence-corrected chi connectivity index (χ2v) is 1.09. The van der Waals surface area contributed by atoms with E-state index in [1.807, 2.05) is 0 Å². The molecule has 0 aromatic carbocycles. The summed E-state index contributed by atoms with van der Waals surface area (Å²) in [6.07, 6.45) is -5.85. The third kappa shape index (κ3) is 0.548. The number of hydrogen-bond acceptors (Lipinski definition) is 2. The standard InChI is InChI=1S/C5H8O2/c1-3-5(6)4(2)7-3/h3-4H,1-2H3/i1D3,2D3,3D,4D. The summed E-state index contributed by atoms with van der Waals surface area (Å²) in [5, 5.41) is 0. The third-order valence-electron chi connectivity index (χ3n) is 0.617. The average Bonchev–Trinajstić information content (AvgIpc) is 1.99. The molecule has 0 aromatic rings. The molecule has 0 amide bonds. The highest BCUT2D eigenvalue weighted by molar-refractivity contribution is 5.90. The fourth-order valence-corrected chi connectivity index (χ4v) is 0.252. The Kier molecular flexibility index (Phi) is 0.183. The van der Waals surface area contributed by atoms with Gasteiger partial charge >= 0.3 is 0 Å². The van der Waals surface area contributed by atoms with Crippen molar-refractivity contribution in [2.45, 2.75) is 25.9 Å². The molecule has 7 heavy (non-hydrogen) atoms. The quantitative estimate of drug-likeness (QED) is 0.448.